The van der Waals surface area contributed by atoms with Gasteiger partial charge in [0, 0.05) is 17.1 Å². The van der Waals surface area contributed by atoms with Gasteiger partial charge in [-0.3, -0.25) is 4.79 Å². The summed E-state index contributed by atoms with van der Waals surface area (Å²) in [4.78, 5) is 11.2. The van der Waals surface area contributed by atoms with Crippen molar-refractivity contribution in [2.75, 3.05) is 5.75 Å². The number of halogens is 1. The van der Waals surface area contributed by atoms with Crippen LogP contribution in [0.15, 0.2) is 30.3 Å². The summed E-state index contributed by atoms with van der Waals surface area (Å²) < 4.78 is 26.2. The molecular formula is C11H13ClO4S. The number of esters is 1. The Hall–Kier alpha value is -1.07. The Morgan fingerprint density at radius 3 is 2.47 bits per heavy atom. The fourth-order valence-electron chi connectivity index (χ4n) is 1.20. The molecular weight excluding hydrogens is 264 g/mol. The maximum atomic E-state index is 11.2. The van der Waals surface area contributed by atoms with Crippen LogP contribution >= 0.6 is 10.7 Å². The number of hydrogen-bond acceptors (Lipinski definition) is 4. The molecule has 0 saturated carbocycles. The van der Waals surface area contributed by atoms with Crippen LogP contribution in [0, 0.1) is 0 Å². The summed E-state index contributed by atoms with van der Waals surface area (Å²) in [6.07, 6.45) is 0.234. The van der Waals surface area contributed by atoms with Crippen LogP contribution in [0.2, 0.25) is 0 Å². The highest BCUT2D eigenvalue weighted by Crippen LogP contribution is 2.05. The molecule has 0 heterocycles. The lowest BCUT2D eigenvalue weighted by molar-refractivity contribution is -0.144. The molecule has 6 heteroatoms. The summed E-state index contributed by atoms with van der Waals surface area (Å²) >= 11 is 0. The van der Waals surface area contributed by atoms with Gasteiger partial charge in [0.1, 0.15) is 6.61 Å². The molecule has 0 atom stereocenters. The van der Waals surface area contributed by atoms with E-state index in [0.29, 0.717) is 0 Å². The topological polar surface area (TPSA) is 60.4 Å². The van der Waals surface area contributed by atoms with Crippen LogP contribution in [0.1, 0.15) is 18.4 Å². The molecule has 0 amide bonds. The normalized spacial score (nSPS) is 11.1. The largest absolute Gasteiger partial charge is 0.461 e. The van der Waals surface area contributed by atoms with Crippen LogP contribution in [-0.4, -0.2) is 20.1 Å². The zero-order valence-electron chi connectivity index (χ0n) is 9.13. The Balaban J connectivity index is 2.22. The van der Waals surface area contributed by atoms with Gasteiger partial charge in [-0.05, 0) is 12.0 Å². The van der Waals surface area contributed by atoms with Crippen molar-refractivity contribution >= 4 is 25.7 Å². The minimum Gasteiger partial charge on any atom is -0.461 e. The van der Waals surface area contributed by atoms with E-state index in [9.17, 15) is 13.2 Å². The van der Waals surface area contributed by atoms with Crippen LogP contribution in [0.3, 0.4) is 0 Å². The quantitative estimate of drug-likeness (QED) is 0.589. The molecule has 0 bridgehead atoms. The van der Waals surface area contributed by atoms with Crippen molar-refractivity contribution in [2.45, 2.75) is 19.4 Å². The van der Waals surface area contributed by atoms with E-state index >= 15 is 0 Å². The Labute approximate surface area is 105 Å². The molecule has 0 radical (unpaired) electrons. The molecule has 1 aromatic carbocycles. The summed E-state index contributed by atoms with van der Waals surface area (Å²) in [5.41, 5.74) is 0.894. The molecule has 0 N–H and O–H groups in total. The monoisotopic (exact) mass is 276 g/mol. The smallest absolute Gasteiger partial charge is 0.306 e. The van der Waals surface area contributed by atoms with Gasteiger partial charge in [0.05, 0.1) is 5.75 Å². The van der Waals surface area contributed by atoms with E-state index in [4.69, 9.17) is 15.4 Å². The highest BCUT2D eigenvalue weighted by atomic mass is 35.7. The van der Waals surface area contributed by atoms with Crippen LogP contribution in [0.25, 0.3) is 0 Å². The van der Waals surface area contributed by atoms with Crippen molar-refractivity contribution < 1.29 is 17.9 Å². The lowest BCUT2D eigenvalue weighted by Gasteiger charge is -2.04. The first kappa shape index (κ1) is 14.0. The fraction of sp³-hybridized carbons (Fsp3) is 0.364. The molecule has 4 nitrogen and oxygen atoms in total. The molecule has 1 rings (SSSR count). The minimum atomic E-state index is -3.52. The second-order valence-corrected chi connectivity index (χ2v) is 6.39. The zero-order chi connectivity index (χ0) is 12.7. The number of rotatable bonds is 6. The Morgan fingerprint density at radius 1 is 1.24 bits per heavy atom. The second-order valence-electron chi connectivity index (χ2n) is 3.49. The van der Waals surface area contributed by atoms with Gasteiger partial charge in [0.25, 0.3) is 0 Å². The van der Waals surface area contributed by atoms with Gasteiger partial charge in [0.2, 0.25) is 9.05 Å². The molecule has 0 fully saturated rings. The first-order chi connectivity index (χ1) is 7.97. The van der Waals surface area contributed by atoms with Crippen molar-refractivity contribution in [2.24, 2.45) is 0 Å². The molecule has 0 spiro atoms. The van der Waals surface area contributed by atoms with Gasteiger partial charge in [-0.2, -0.15) is 0 Å². The molecule has 0 saturated heterocycles. The van der Waals surface area contributed by atoms with E-state index in [1.165, 1.54) is 0 Å². The van der Waals surface area contributed by atoms with Crippen molar-refractivity contribution in [1.82, 2.24) is 0 Å². The van der Waals surface area contributed by atoms with E-state index in [1.54, 1.807) is 0 Å². The van der Waals surface area contributed by atoms with Gasteiger partial charge in [-0.15, -0.1) is 0 Å². The van der Waals surface area contributed by atoms with Gasteiger partial charge < -0.3 is 4.74 Å². The number of ether oxygens (including phenoxy) is 1. The lowest BCUT2D eigenvalue weighted by atomic mass is 10.2. The average molecular weight is 277 g/mol. The van der Waals surface area contributed by atoms with Gasteiger partial charge in [-0.25, -0.2) is 8.42 Å². The molecule has 0 aromatic heterocycles. The van der Waals surface area contributed by atoms with E-state index in [0.717, 1.165) is 5.56 Å². The average Bonchev–Trinajstić information content (AvgIpc) is 2.26. The van der Waals surface area contributed by atoms with Crippen molar-refractivity contribution in [3.05, 3.63) is 35.9 Å². The molecule has 0 unspecified atom stereocenters. The van der Waals surface area contributed by atoms with E-state index < -0.39 is 15.0 Å². The lowest BCUT2D eigenvalue weighted by Crippen LogP contribution is -2.07. The standard InChI is InChI=1S/C11H13ClO4S/c12-17(14,15)8-4-7-11(13)16-9-10-5-2-1-3-6-10/h1-3,5-6H,4,7-9H2. The summed E-state index contributed by atoms with van der Waals surface area (Å²) in [6.45, 7) is 0.202. The third-order valence-electron chi connectivity index (χ3n) is 2.01. The van der Waals surface area contributed by atoms with Crippen molar-refractivity contribution in [3.8, 4) is 0 Å². The maximum absolute atomic E-state index is 11.2. The van der Waals surface area contributed by atoms with E-state index in [-0.39, 0.29) is 25.2 Å². The third kappa shape index (κ3) is 6.97. The third-order valence-corrected chi connectivity index (χ3v) is 3.25. The second kappa shape index (κ2) is 6.61. The number of carbonyl (C=O) groups is 1. The molecule has 17 heavy (non-hydrogen) atoms. The summed E-state index contributed by atoms with van der Waals surface area (Å²) in [5.74, 6) is -0.635. The Kier molecular flexibility index (Phi) is 5.44. The van der Waals surface area contributed by atoms with E-state index in [1.807, 2.05) is 30.3 Å². The number of hydrogen-bond donors (Lipinski definition) is 0. The number of carbonyl (C=O) groups excluding carboxylic acids is 1. The highest BCUT2D eigenvalue weighted by Gasteiger charge is 2.08. The molecule has 0 aliphatic rings. The molecule has 0 aliphatic carbocycles. The summed E-state index contributed by atoms with van der Waals surface area (Å²) in [5, 5.41) is 0. The Bertz CT molecular complexity index is 456. The minimum absolute atomic E-state index is 0.0543. The van der Waals surface area contributed by atoms with Crippen LogP contribution < -0.4 is 0 Å². The molecule has 1 aromatic rings. The molecule has 94 valence electrons. The maximum Gasteiger partial charge on any atom is 0.306 e. The number of benzene rings is 1. The fourth-order valence-corrected chi connectivity index (χ4v) is 2.02. The van der Waals surface area contributed by atoms with Crippen LogP contribution in [0.5, 0.6) is 0 Å². The van der Waals surface area contributed by atoms with Gasteiger partial charge >= 0.3 is 5.97 Å². The predicted molar refractivity (Wildman–Crippen MR) is 65.1 cm³/mol. The SMILES string of the molecule is O=C(CCCS(=O)(=O)Cl)OCc1ccccc1. The van der Waals surface area contributed by atoms with Crippen molar-refractivity contribution in [3.63, 3.8) is 0 Å². The van der Waals surface area contributed by atoms with Gasteiger partial charge in [-0.1, -0.05) is 30.3 Å². The van der Waals surface area contributed by atoms with Gasteiger partial charge in [0.15, 0.2) is 0 Å². The summed E-state index contributed by atoms with van der Waals surface area (Å²) in [7, 11) is 1.49. The van der Waals surface area contributed by atoms with Crippen LogP contribution in [-0.2, 0) is 25.2 Å². The highest BCUT2D eigenvalue weighted by molar-refractivity contribution is 8.13. The zero-order valence-corrected chi connectivity index (χ0v) is 10.7. The first-order valence-electron chi connectivity index (χ1n) is 5.09. The van der Waals surface area contributed by atoms with E-state index in [2.05, 4.69) is 0 Å². The van der Waals surface area contributed by atoms with Crippen molar-refractivity contribution in [1.29, 1.82) is 0 Å². The summed E-state index contributed by atoms with van der Waals surface area (Å²) in [6, 6.07) is 9.26. The Morgan fingerprint density at radius 2 is 1.88 bits per heavy atom. The predicted octanol–water partition coefficient (Wildman–Crippen LogP) is 2.08. The molecule has 0 aliphatic heterocycles. The van der Waals surface area contributed by atoms with Crippen LogP contribution in [0.4, 0.5) is 0 Å². The first-order valence-corrected chi connectivity index (χ1v) is 7.57.